The first kappa shape index (κ1) is 22.0. The molecule has 0 fully saturated rings. The molecule has 0 bridgehead atoms. The molecule has 25 heavy (non-hydrogen) atoms. The van der Waals surface area contributed by atoms with Crippen LogP contribution < -0.4 is 32.9 Å². The summed E-state index contributed by atoms with van der Waals surface area (Å²) < 4.78 is 0. The summed E-state index contributed by atoms with van der Waals surface area (Å²) in [7, 11) is -1.57. The van der Waals surface area contributed by atoms with Gasteiger partial charge in [-0.25, -0.2) is 0 Å². The van der Waals surface area contributed by atoms with Gasteiger partial charge < -0.3 is 17.0 Å². The van der Waals surface area contributed by atoms with Crippen LogP contribution in [0, 0.1) is 0 Å². The highest BCUT2D eigenvalue weighted by Gasteiger charge is 2.44. The number of benzene rings is 3. The predicted molar refractivity (Wildman–Crippen MR) is 116 cm³/mol. The third-order valence-corrected chi connectivity index (χ3v) is 8.96. The summed E-state index contributed by atoms with van der Waals surface area (Å²) in [6.07, 6.45) is 3.72. The van der Waals surface area contributed by atoms with E-state index in [2.05, 4.69) is 97.9 Å². The quantitative estimate of drug-likeness (QED) is 0.521. The highest BCUT2D eigenvalue weighted by molar-refractivity contribution is 7.95. The summed E-state index contributed by atoms with van der Waals surface area (Å²) in [5, 5.41) is 4.47. The molecule has 0 aliphatic heterocycles. The lowest BCUT2D eigenvalue weighted by Crippen LogP contribution is -3.00. The molecule has 0 aromatic heterocycles. The average Bonchev–Trinajstić information content (AvgIpc) is 2.65. The summed E-state index contributed by atoms with van der Waals surface area (Å²) in [4.78, 5) is 0. The van der Waals surface area contributed by atoms with Crippen LogP contribution in [0.2, 0.25) is 0 Å². The fourth-order valence-corrected chi connectivity index (χ4v) is 7.78. The van der Waals surface area contributed by atoms with Crippen molar-refractivity contribution in [3.8, 4) is 0 Å². The standard InChI is InChI=1S/C22H24P.BrH.H3P/c1-2-3-19-23(20-13-7-4-8-14-20,21-15-9-5-10-16-21)22-17-11-6-12-18-22;;/h4-18H,2-3,19H2,1H3;1H;1H3/q+1;;/p-1. The normalized spacial score (nSPS) is 10.4. The minimum atomic E-state index is -1.57. The van der Waals surface area contributed by atoms with Crippen LogP contribution in [-0.2, 0) is 0 Å². The SMILES string of the molecule is CCCC[P+](c1ccccc1)(c1ccccc1)c1ccccc1.P.[Br-]. The molecule has 132 valence electrons. The van der Waals surface area contributed by atoms with Crippen molar-refractivity contribution >= 4 is 33.1 Å². The zero-order valence-electron chi connectivity index (χ0n) is 14.8. The van der Waals surface area contributed by atoms with Gasteiger partial charge in [-0.2, -0.15) is 9.90 Å². The van der Waals surface area contributed by atoms with Gasteiger partial charge in [0, 0.05) is 0 Å². The van der Waals surface area contributed by atoms with E-state index >= 15 is 0 Å². The Bertz CT molecular complexity index is 618. The smallest absolute Gasteiger partial charge is 0.112 e. The first-order chi connectivity index (χ1) is 11.4. The van der Waals surface area contributed by atoms with E-state index in [-0.39, 0.29) is 26.9 Å². The van der Waals surface area contributed by atoms with Crippen LogP contribution >= 0.6 is 17.2 Å². The number of unbranched alkanes of at least 4 members (excludes halogenated alkanes) is 1. The second kappa shape index (κ2) is 10.9. The van der Waals surface area contributed by atoms with Crippen molar-refractivity contribution in [1.82, 2.24) is 0 Å². The molecule has 0 N–H and O–H groups in total. The lowest BCUT2D eigenvalue weighted by Gasteiger charge is -2.27. The van der Waals surface area contributed by atoms with E-state index in [1.807, 2.05) is 0 Å². The van der Waals surface area contributed by atoms with Crippen molar-refractivity contribution in [2.75, 3.05) is 6.16 Å². The first-order valence-corrected chi connectivity index (χ1v) is 10.4. The van der Waals surface area contributed by atoms with Crippen LogP contribution in [0.1, 0.15) is 19.8 Å². The summed E-state index contributed by atoms with van der Waals surface area (Å²) in [6, 6.07) is 33.4. The fourth-order valence-electron chi connectivity index (χ4n) is 3.28. The van der Waals surface area contributed by atoms with E-state index in [1.165, 1.54) is 34.9 Å². The van der Waals surface area contributed by atoms with Gasteiger partial charge in [0.1, 0.15) is 23.2 Å². The Labute approximate surface area is 166 Å². The molecule has 0 aliphatic rings. The van der Waals surface area contributed by atoms with Gasteiger partial charge in [-0.15, -0.1) is 0 Å². The predicted octanol–water partition coefficient (Wildman–Crippen LogP) is 1.84. The Hall–Kier alpha value is -1.000. The van der Waals surface area contributed by atoms with Gasteiger partial charge in [0.05, 0.1) is 6.16 Å². The summed E-state index contributed by atoms with van der Waals surface area (Å²) in [5.41, 5.74) is 0. The van der Waals surface area contributed by atoms with E-state index in [0.29, 0.717) is 0 Å². The highest BCUT2D eigenvalue weighted by Crippen LogP contribution is 2.55. The largest absolute Gasteiger partial charge is 1.00 e. The molecule has 0 aliphatic carbocycles. The van der Waals surface area contributed by atoms with Gasteiger partial charge in [0.25, 0.3) is 0 Å². The fraction of sp³-hybridized carbons (Fsp3) is 0.182. The zero-order chi connectivity index (χ0) is 16.0. The number of rotatable bonds is 6. The maximum absolute atomic E-state index is 2.32. The Balaban J connectivity index is 0.00000156. The van der Waals surface area contributed by atoms with Crippen molar-refractivity contribution in [3.05, 3.63) is 91.0 Å². The number of hydrogen-bond donors (Lipinski definition) is 0. The summed E-state index contributed by atoms with van der Waals surface area (Å²) >= 11 is 0. The monoisotopic (exact) mass is 432 g/mol. The Kier molecular flexibility index (Phi) is 9.58. The van der Waals surface area contributed by atoms with Gasteiger partial charge in [0.15, 0.2) is 0 Å². The van der Waals surface area contributed by atoms with Crippen molar-refractivity contribution in [2.24, 2.45) is 0 Å². The molecular formula is C22H27BrP2. The van der Waals surface area contributed by atoms with Gasteiger partial charge in [-0.1, -0.05) is 67.9 Å². The number of halogens is 1. The Morgan fingerprint density at radius 2 is 0.920 bits per heavy atom. The van der Waals surface area contributed by atoms with E-state index < -0.39 is 7.26 Å². The van der Waals surface area contributed by atoms with E-state index in [9.17, 15) is 0 Å². The van der Waals surface area contributed by atoms with Gasteiger partial charge in [-0.05, 0) is 42.8 Å². The van der Waals surface area contributed by atoms with Crippen LogP contribution in [0.5, 0.6) is 0 Å². The molecule has 0 radical (unpaired) electrons. The van der Waals surface area contributed by atoms with E-state index in [0.717, 1.165) is 0 Å². The molecule has 0 saturated carbocycles. The van der Waals surface area contributed by atoms with Crippen molar-refractivity contribution < 1.29 is 17.0 Å². The molecule has 1 unspecified atom stereocenters. The molecule has 0 nitrogen and oxygen atoms in total. The van der Waals surface area contributed by atoms with Gasteiger partial charge >= 0.3 is 0 Å². The third kappa shape index (κ3) is 4.79. The minimum Gasteiger partial charge on any atom is -1.00 e. The van der Waals surface area contributed by atoms with Gasteiger partial charge in [-0.3, -0.25) is 0 Å². The maximum atomic E-state index is 2.32. The second-order valence-electron chi connectivity index (χ2n) is 5.89. The molecule has 0 saturated heterocycles. The van der Waals surface area contributed by atoms with Crippen molar-refractivity contribution in [3.63, 3.8) is 0 Å². The van der Waals surface area contributed by atoms with Crippen LogP contribution in [0.25, 0.3) is 0 Å². The summed E-state index contributed by atoms with van der Waals surface area (Å²) in [6.45, 7) is 2.29. The van der Waals surface area contributed by atoms with Gasteiger partial charge in [0.2, 0.25) is 0 Å². The molecule has 0 spiro atoms. The topological polar surface area (TPSA) is 0 Å². The van der Waals surface area contributed by atoms with Crippen LogP contribution in [0.15, 0.2) is 91.0 Å². The van der Waals surface area contributed by atoms with Crippen LogP contribution in [0.3, 0.4) is 0 Å². The highest BCUT2D eigenvalue weighted by atomic mass is 79.9. The molecule has 0 amide bonds. The third-order valence-electron chi connectivity index (χ3n) is 4.44. The molecule has 3 aromatic carbocycles. The molecule has 0 heterocycles. The lowest BCUT2D eigenvalue weighted by atomic mass is 10.3. The maximum Gasteiger partial charge on any atom is 0.112 e. The first-order valence-electron chi connectivity index (χ1n) is 8.43. The zero-order valence-corrected chi connectivity index (χ0v) is 18.7. The van der Waals surface area contributed by atoms with E-state index in [1.54, 1.807) is 0 Å². The van der Waals surface area contributed by atoms with Crippen molar-refractivity contribution in [1.29, 1.82) is 0 Å². The minimum absolute atomic E-state index is 0. The molecule has 3 rings (SSSR count). The van der Waals surface area contributed by atoms with Crippen LogP contribution in [-0.4, -0.2) is 6.16 Å². The molecular weight excluding hydrogens is 406 g/mol. The molecule has 3 heteroatoms. The summed E-state index contributed by atoms with van der Waals surface area (Å²) in [5.74, 6) is 0. The van der Waals surface area contributed by atoms with Crippen molar-refractivity contribution in [2.45, 2.75) is 19.8 Å². The number of hydrogen-bond acceptors (Lipinski definition) is 0. The second-order valence-corrected chi connectivity index (χ2v) is 9.51. The van der Waals surface area contributed by atoms with Crippen LogP contribution in [0.4, 0.5) is 0 Å². The Morgan fingerprint density at radius 1 is 0.600 bits per heavy atom. The molecule has 1 atom stereocenters. The van der Waals surface area contributed by atoms with E-state index in [4.69, 9.17) is 0 Å². The average molecular weight is 433 g/mol. The Morgan fingerprint density at radius 3 is 1.20 bits per heavy atom. The molecule has 3 aromatic rings. The lowest BCUT2D eigenvalue weighted by molar-refractivity contribution is -0.00000469.